The third-order valence-corrected chi connectivity index (χ3v) is 4.86. The summed E-state index contributed by atoms with van der Waals surface area (Å²) in [6, 6.07) is 1.62. The molecule has 1 aromatic heterocycles. The van der Waals surface area contributed by atoms with Crippen LogP contribution in [0.2, 0.25) is 0 Å². The van der Waals surface area contributed by atoms with Gasteiger partial charge in [-0.2, -0.15) is 0 Å². The number of hydrogen-bond acceptors (Lipinski definition) is 5. The lowest BCUT2D eigenvalue weighted by Crippen LogP contribution is -2.51. The van der Waals surface area contributed by atoms with Crippen molar-refractivity contribution in [2.45, 2.75) is 32.6 Å². The van der Waals surface area contributed by atoms with Gasteiger partial charge in [-0.05, 0) is 31.7 Å². The van der Waals surface area contributed by atoms with E-state index in [2.05, 4.69) is 4.98 Å². The van der Waals surface area contributed by atoms with E-state index in [0.29, 0.717) is 30.4 Å². The Bertz CT molecular complexity index is 613. The molecule has 2 aliphatic rings. The number of carbonyl (C=O) groups excluding carboxylic acids is 1. The number of pyridine rings is 1. The highest BCUT2D eigenvalue weighted by Crippen LogP contribution is 2.30. The molecule has 0 atom stereocenters. The second-order valence-corrected chi connectivity index (χ2v) is 6.47. The van der Waals surface area contributed by atoms with Crippen molar-refractivity contribution in [3.8, 4) is 0 Å². The Kier molecular flexibility index (Phi) is 4.45. The molecule has 2 heterocycles. The first-order valence-electron chi connectivity index (χ1n) is 8.19. The lowest BCUT2D eigenvalue weighted by molar-refractivity contribution is -0.384. The van der Waals surface area contributed by atoms with E-state index in [1.807, 2.05) is 4.90 Å². The molecule has 124 valence electrons. The molecule has 23 heavy (non-hydrogen) atoms. The number of amides is 1. The number of nitrogens with zero attached hydrogens (tertiary/aromatic N) is 4. The molecule has 0 aromatic carbocycles. The molecule has 1 saturated heterocycles. The largest absolute Gasteiger partial charge is 0.340 e. The van der Waals surface area contributed by atoms with Gasteiger partial charge in [-0.25, -0.2) is 4.98 Å². The van der Waals surface area contributed by atoms with E-state index in [0.717, 1.165) is 6.54 Å². The van der Waals surface area contributed by atoms with E-state index in [-0.39, 0.29) is 18.1 Å². The van der Waals surface area contributed by atoms with Crippen LogP contribution in [0.25, 0.3) is 0 Å². The molecule has 7 nitrogen and oxygen atoms in total. The number of anilines is 1. The summed E-state index contributed by atoms with van der Waals surface area (Å²) in [6.07, 6.45) is 6.50. The van der Waals surface area contributed by atoms with Crippen molar-refractivity contribution in [3.05, 3.63) is 27.9 Å². The minimum absolute atomic E-state index is 0.00421. The highest BCUT2D eigenvalue weighted by molar-refractivity contribution is 5.83. The first-order chi connectivity index (χ1) is 11.1. The molecule has 1 aliphatic heterocycles. The smallest absolute Gasteiger partial charge is 0.314 e. The minimum Gasteiger partial charge on any atom is -0.340 e. The van der Waals surface area contributed by atoms with Gasteiger partial charge in [-0.15, -0.1) is 0 Å². The topological polar surface area (TPSA) is 79.6 Å². The van der Waals surface area contributed by atoms with Gasteiger partial charge in [-0.3, -0.25) is 14.9 Å². The number of nitro groups is 1. The Labute approximate surface area is 135 Å². The van der Waals surface area contributed by atoms with Crippen molar-refractivity contribution in [3.63, 3.8) is 0 Å². The summed E-state index contributed by atoms with van der Waals surface area (Å²) in [5, 5.41) is 11.3. The molecule has 0 N–H and O–H groups in total. The van der Waals surface area contributed by atoms with E-state index in [9.17, 15) is 14.9 Å². The molecular formula is C16H22N4O3. The van der Waals surface area contributed by atoms with Crippen molar-refractivity contribution in [1.29, 1.82) is 0 Å². The highest BCUT2D eigenvalue weighted by atomic mass is 16.6. The summed E-state index contributed by atoms with van der Waals surface area (Å²) in [7, 11) is 0. The first-order valence-corrected chi connectivity index (χ1v) is 8.19. The van der Waals surface area contributed by atoms with Crippen LogP contribution >= 0.6 is 0 Å². The van der Waals surface area contributed by atoms with Gasteiger partial charge in [-0.1, -0.05) is 12.8 Å². The molecule has 3 rings (SSSR count). The summed E-state index contributed by atoms with van der Waals surface area (Å²) in [5.41, 5.74) is 0.574. The number of aryl methyl sites for hydroxylation is 1. The maximum Gasteiger partial charge on any atom is 0.314 e. The Balaban J connectivity index is 1.71. The van der Waals surface area contributed by atoms with E-state index >= 15 is 0 Å². The van der Waals surface area contributed by atoms with Crippen LogP contribution in [0.4, 0.5) is 11.5 Å². The standard InChI is InChI=1S/C16H22N4O3/c1-12-6-7-17-16(15(12)20(22)23)19-9-8-18(14(21)11-19)10-13-4-2-3-5-13/h6-7,13H,2-5,8-11H2,1H3. The molecule has 0 unspecified atom stereocenters. The molecule has 2 fully saturated rings. The highest BCUT2D eigenvalue weighted by Gasteiger charge is 2.31. The predicted molar refractivity (Wildman–Crippen MR) is 86.4 cm³/mol. The van der Waals surface area contributed by atoms with Gasteiger partial charge in [0.1, 0.15) is 0 Å². The first kappa shape index (κ1) is 15.7. The molecule has 0 radical (unpaired) electrons. The normalized spacial score (nSPS) is 19.4. The number of rotatable bonds is 4. The zero-order valence-electron chi connectivity index (χ0n) is 13.4. The predicted octanol–water partition coefficient (Wildman–Crippen LogP) is 2.14. The maximum atomic E-state index is 12.4. The zero-order valence-corrected chi connectivity index (χ0v) is 13.4. The minimum atomic E-state index is -0.410. The second-order valence-electron chi connectivity index (χ2n) is 6.47. The zero-order chi connectivity index (χ0) is 16.4. The Hall–Kier alpha value is -2.18. The van der Waals surface area contributed by atoms with Crippen molar-refractivity contribution in [2.24, 2.45) is 5.92 Å². The molecule has 0 spiro atoms. The van der Waals surface area contributed by atoms with E-state index in [1.54, 1.807) is 24.1 Å². The summed E-state index contributed by atoms with van der Waals surface area (Å²) in [4.78, 5) is 31.1. The van der Waals surface area contributed by atoms with Crippen LogP contribution in [0.1, 0.15) is 31.2 Å². The summed E-state index contributed by atoms with van der Waals surface area (Å²) in [5.74, 6) is 0.974. The number of carbonyl (C=O) groups is 1. The van der Waals surface area contributed by atoms with Gasteiger partial charge in [0.25, 0.3) is 0 Å². The molecule has 0 bridgehead atoms. The summed E-state index contributed by atoms with van der Waals surface area (Å²) in [6.45, 7) is 3.90. The lowest BCUT2D eigenvalue weighted by Gasteiger charge is -2.36. The van der Waals surface area contributed by atoms with Gasteiger partial charge in [0.2, 0.25) is 11.7 Å². The van der Waals surface area contributed by atoms with Crippen LogP contribution in [0.5, 0.6) is 0 Å². The van der Waals surface area contributed by atoms with Crippen LogP contribution in [0.3, 0.4) is 0 Å². The molecule has 1 aromatic rings. The fourth-order valence-corrected chi connectivity index (χ4v) is 3.58. The Morgan fingerprint density at radius 2 is 2.09 bits per heavy atom. The maximum absolute atomic E-state index is 12.4. The Morgan fingerprint density at radius 3 is 2.74 bits per heavy atom. The second kappa shape index (κ2) is 6.52. The van der Waals surface area contributed by atoms with Crippen LogP contribution in [0.15, 0.2) is 12.3 Å². The van der Waals surface area contributed by atoms with Crippen molar-refractivity contribution in [2.75, 3.05) is 31.1 Å². The molecule has 1 aliphatic carbocycles. The third-order valence-electron chi connectivity index (χ3n) is 4.86. The van der Waals surface area contributed by atoms with E-state index in [1.165, 1.54) is 25.7 Å². The Morgan fingerprint density at radius 1 is 1.35 bits per heavy atom. The van der Waals surface area contributed by atoms with E-state index < -0.39 is 4.92 Å². The number of hydrogen-bond donors (Lipinski definition) is 0. The van der Waals surface area contributed by atoms with Gasteiger partial charge >= 0.3 is 5.69 Å². The van der Waals surface area contributed by atoms with Crippen LogP contribution < -0.4 is 4.90 Å². The van der Waals surface area contributed by atoms with E-state index in [4.69, 9.17) is 0 Å². The number of piperazine rings is 1. The van der Waals surface area contributed by atoms with Crippen LogP contribution in [-0.4, -0.2) is 46.9 Å². The monoisotopic (exact) mass is 318 g/mol. The molecule has 1 saturated carbocycles. The van der Waals surface area contributed by atoms with Gasteiger partial charge in [0.05, 0.1) is 11.5 Å². The summed E-state index contributed by atoms with van der Waals surface area (Å²) >= 11 is 0. The van der Waals surface area contributed by atoms with Crippen LogP contribution in [-0.2, 0) is 4.79 Å². The van der Waals surface area contributed by atoms with Gasteiger partial charge < -0.3 is 9.80 Å². The summed E-state index contributed by atoms with van der Waals surface area (Å²) < 4.78 is 0. The van der Waals surface area contributed by atoms with Crippen molar-refractivity contribution >= 4 is 17.4 Å². The van der Waals surface area contributed by atoms with Crippen molar-refractivity contribution in [1.82, 2.24) is 9.88 Å². The fraction of sp³-hybridized carbons (Fsp3) is 0.625. The van der Waals surface area contributed by atoms with Crippen LogP contribution in [0, 0.1) is 23.0 Å². The SMILES string of the molecule is Cc1ccnc(N2CCN(CC3CCCC3)C(=O)C2)c1[N+](=O)[O-]. The molecular weight excluding hydrogens is 296 g/mol. The van der Waals surface area contributed by atoms with Crippen molar-refractivity contribution < 1.29 is 9.72 Å². The average molecular weight is 318 g/mol. The van der Waals surface area contributed by atoms with Gasteiger partial charge in [0, 0.05) is 31.4 Å². The van der Waals surface area contributed by atoms with Gasteiger partial charge in [0.15, 0.2) is 0 Å². The lowest BCUT2D eigenvalue weighted by atomic mass is 10.1. The average Bonchev–Trinajstić information content (AvgIpc) is 3.01. The quantitative estimate of drug-likeness (QED) is 0.627. The molecule has 1 amide bonds. The third kappa shape index (κ3) is 3.28. The number of aromatic nitrogens is 1. The fourth-order valence-electron chi connectivity index (χ4n) is 3.58. The molecule has 7 heteroatoms.